The van der Waals surface area contributed by atoms with Gasteiger partial charge in [0.15, 0.2) is 11.5 Å². The highest BCUT2D eigenvalue weighted by Crippen LogP contribution is 2.42. The predicted octanol–water partition coefficient (Wildman–Crippen LogP) is 6.21. The predicted molar refractivity (Wildman–Crippen MR) is 159 cm³/mol. The van der Waals surface area contributed by atoms with Gasteiger partial charge in [-0.3, -0.25) is 14.4 Å². The van der Waals surface area contributed by atoms with Crippen molar-refractivity contribution >= 4 is 28.0 Å². The van der Waals surface area contributed by atoms with Gasteiger partial charge in [0.2, 0.25) is 0 Å². The molecule has 0 aliphatic carbocycles. The van der Waals surface area contributed by atoms with Crippen molar-refractivity contribution in [2.24, 2.45) is 0 Å². The number of benzene rings is 2. The Hall–Kier alpha value is -4.34. The summed E-state index contributed by atoms with van der Waals surface area (Å²) in [4.78, 5) is 11.9. The van der Waals surface area contributed by atoms with Crippen LogP contribution < -0.4 is 5.32 Å². The highest BCUT2D eigenvalue weighted by Gasteiger charge is 2.37. The van der Waals surface area contributed by atoms with Gasteiger partial charge in [0.05, 0.1) is 29.5 Å². The van der Waals surface area contributed by atoms with Gasteiger partial charge in [-0.2, -0.15) is 9.47 Å². The summed E-state index contributed by atoms with van der Waals surface area (Å²) < 4.78 is 6.83. The van der Waals surface area contributed by atoms with Crippen LogP contribution in [0.3, 0.4) is 0 Å². The van der Waals surface area contributed by atoms with Gasteiger partial charge in [-0.1, -0.05) is 60.7 Å². The molecule has 7 rings (SSSR count). The smallest absolute Gasteiger partial charge is 0.180 e. The molecule has 0 atom stereocenters. The maximum absolute atomic E-state index is 4.78. The monoisotopic (exact) mass is 546 g/mol. The molecular weight excluding hydrogens is 516 g/mol. The van der Waals surface area contributed by atoms with E-state index in [1.807, 2.05) is 25.5 Å². The van der Waals surface area contributed by atoms with Crippen LogP contribution >= 0.6 is 11.5 Å². The van der Waals surface area contributed by atoms with Gasteiger partial charge in [-0.15, -0.1) is 0 Å². The molecule has 6 aromatic rings. The van der Waals surface area contributed by atoms with E-state index in [4.69, 9.17) is 9.36 Å². The molecule has 5 heterocycles. The molecule has 0 saturated carbocycles. The Morgan fingerprint density at radius 1 is 0.975 bits per heavy atom. The van der Waals surface area contributed by atoms with Crippen molar-refractivity contribution in [2.45, 2.75) is 31.7 Å². The summed E-state index contributed by atoms with van der Waals surface area (Å²) >= 11 is 1.47. The van der Waals surface area contributed by atoms with E-state index in [1.54, 1.807) is 6.20 Å². The van der Waals surface area contributed by atoms with Crippen LogP contribution in [0.5, 0.6) is 0 Å². The number of nitrogens with one attached hydrogen (secondary N) is 2. The third kappa shape index (κ3) is 4.57. The maximum atomic E-state index is 4.78. The van der Waals surface area contributed by atoms with E-state index in [0.717, 1.165) is 71.6 Å². The largest absolute Gasteiger partial charge is 0.328 e. The normalized spacial score (nSPS) is 15.4. The molecule has 0 amide bonds. The van der Waals surface area contributed by atoms with E-state index in [2.05, 4.69) is 96.5 Å². The van der Waals surface area contributed by atoms with Gasteiger partial charge >= 0.3 is 0 Å². The number of aromatic nitrogens is 6. The van der Waals surface area contributed by atoms with Gasteiger partial charge in [-0.05, 0) is 61.6 Å². The van der Waals surface area contributed by atoms with E-state index in [-0.39, 0.29) is 5.41 Å². The fourth-order valence-corrected chi connectivity index (χ4v) is 6.60. The molecule has 1 fully saturated rings. The number of aromatic amines is 1. The number of H-pyrrole nitrogens is 1. The molecule has 0 spiro atoms. The van der Waals surface area contributed by atoms with Crippen LogP contribution in [0.4, 0.5) is 10.8 Å². The van der Waals surface area contributed by atoms with Crippen LogP contribution in [0.2, 0.25) is 0 Å². The third-order valence-electron chi connectivity index (χ3n) is 7.96. The lowest BCUT2D eigenvalue weighted by Gasteiger charge is -2.42. The van der Waals surface area contributed by atoms with Crippen LogP contribution in [0.25, 0.3) is 16.9 Å². The molecule has 2 N–H and O–H groups in total. The van der Waals surface area contributed by atoms with E-state index < -0.39 is 0 Å². The maximum Gasteiger partial charge on any atom is 0.180 e. The van der Waals surface area contributed by atoms with Crippen molar-refractivity contribution in [3.8, 4) is 11.3 Å². The highest BCUT2D eigenvalue weighted by molar-refractivity contribution is 7.10. The van der Waals surface area contributed by atoms with Gasteiger partial charge in [0.1, 0.15) is 5.00 Å². The molecule has 0 bridgehead atoms. The number of aryl methyl sites for hydroxylation is 1. The first kappa shape index (κ1) is 24.7. The van der Waals surface area contributed by atoms with Crippen LogP contribution in [-0.2, 0) is 12.0 Å². The standard InChI is InChI=1S/C31H30N8S/c1-22-20-39-27(23-17-33-34-18-23)19-32-30(39)29(35-22)36-28-16-26(37-40-28)21-38-14-12-31(13-15-38,24-8-4-2-5-9-24)25-10-6-3-7-11-25/h2-11,16-20H,12-15,21H2,1H3,(H,33,34)(H,35,36). The zero-order valence-corrected chi connectivity index (χ0v) is 23.1. The average molecular weight is 547 g/mol. The number of rotatable bonds is 7. The molecule has 4 aromatic heterocycles. The first-order valence-electron chi connectivity index (χ1n) is 13.6. The van der Waals surface area contributed by atoms with Crippen molar-refractivity contribution in [3.05, 3.63) is 114 Å². The molecule has 0 unspecified atom stereocenters. The summed E-state index contributed by atoms with van der Waals surface area (Å²) in [5.74, 6) is 0.721. The van der Waals surface area contributed by atoms with E-state index >= 15 is 0 Å². The Balaban J connectivity index is 1.07. The Labute approximate surface area is 236 Å². The minimum absolute atomic E-state index is 0.0511. The summed E-state index contributed by atoms with van der Waals surface area (Å²) in [5.41, 5.74) is 7.56. The lowest BCUT2D eigenvalue weighted by atomic mass is 9.68. The zero-order chi connectivity index (χ0) is 26.9. The molecule has 40 heavy (non-hydrogen) atoms. The third-order valence-corrected chi connectivity index (χ3v) is 8.70. The Morgan fingerprint density at radius 3 is 2.38 bits per heavy atom. The minimum atomic E-state index is 0.0511. The van der Waals surface area contributed by atoms with Crippen molar-refractivity contribution < 1.29 is 0 Å². The quantitative estimate of drug-likeness (QED) is 0.248. The van der Waals surface area contributed by atoms with Crippen LogP contribution in [0.1, 0.15) is 35.4 Å². The van der Waals surface area contributed by atoms with Crippen molar-refractivity contribution in [1.29, 1.82) is 0 Å². The van der Waals surface area contributed by atoms with Gasteiger partial charge in [0, 0.05) is 29.9 Å². The molecule has 1 aliphatic heterocycles. The number of hydrogen-bond donors (Lipinski definition) is 2. The highest BCUT2D eigenvalue weighted by atomic mass is 32.1. The number of hydrogen-bond acceptors (Lipinski definition) is 7. The number of nitrogens with zero attached hydrogens (tertiary/aromatic N) is 6. The van der Waals surface area contributed by atoms with E-state index in [9.17, 15) is 0 Å². The minimum Gasteiger partial charge on any atom is -0.328 e. The number of piperidine rings is 1. The first-order valence-corrected chi connectivity index (χ1v) is 14.4. The summed E-state index contributed by atoms with van der Waals surface area (Å²) in [6, 6.07) is 24.1. The molecule has 1 aliphatic rings. The second-order valence-electron chi connectivity index (χ2n) is 10.5. The van der Waals surface area contributed by atoms with E-state index in [0.29, 0.717) is 0 Å². The Bertz CT molecular complexity index is 1670. The topological polar surface area (TPSA) is 87.0 Å². The number of likely N-dealkylation sites (tertiary alicyclic amines) is 1. The number of fused-ring (bicyclic) bond motifs is 1. The summed E-state index contributed by atoms with van der Waals surface area (Å²) in [7, 11) is 0. The second-order valence-corrected chi connectivity index (χ2v) is 11.3. The molecule has 2 aromatic carbocycles. The van der Waals surface area contributed by atoms with Gasteiger partial charge in [-0.25, -0.2) is 9.97 Å². The van der Waals surface area contributed by atoms with Crippen LogP contribution in [-0.4, -0.2) is 46.9 Å². The Kier molecular flexibility index (Phi) is 6.37. The lowest BCUT2D eigenvalue weighted by molar-refractivity contribution is 0.171. The average Bonchev–Trinajstić information content (AvgIpc) is 3.76. The summed E-state index contributed by atoms with van der Waals surface area (Å²) in [5, 5.41) is 11.4. The molecular formula is C31H30N8S. The van der Waals surface area contributed by atoms with Gasteiger partial charge < -0.3 is 5.32 Å². The summed E-state index contributed by atoms with van der Waals surface area (Å²) in [6.07, 6.45) is 9.68. The van der Waals surface area contributed by atoms with Gasteiger partial charge in [0.25, 0.3) is 0 Å². The van der Waals surface area contributed by atoms with Crippen LogP contribution in [0, 0.1) is 6.92 Å². The molecule has 8 nitrogen and oxygen atoms in total. The number of imidazole rings is 1. The van der Waals surface area contributed by atoms with Crippen molar-refractivity contribution in [2.75, 3.05) is 18.4 Å². The SMILES string of the molecule is Cc1cn2c(-c3cn[nH]c3)cnc2c(Nc2cc(CN3CCC(c4ccccc4)(c4ccccc4)CC3)ns2)n1. The first-order chi connectivity index (χ1) is 19.7. The molecule has 0 radical (unpaired) electrons. The van der Waals surface area contributed by atoms with E-state index in [1.165, 1.54) is 22.7 Å². The fraction of sp³-hybridized carbons (Fsp3) is 0.226. The molecule has 200 valence electrons. The van der Waals surface area contributed by atoms with Crippen molar-refractivity contribution in [3.63, 3.8) is 0 Å². The lowest BCUT2D eigenvalue weighted by Crippen LogP contribution is -2.43. The zero-order valence-electron chi connectivity index (χ0n) is 22.3. The second kappa shape index (κ2) is 10.3. The fourth-order valence-electron chi connectivity index (χ4n) is 5.94. The molecule has 9 heteroatoms. The Morgan fingerprint density at radius 2 is 1.70 bits per heavy atom. The summed E-state index contributed by atoms with van der Waals surface area (Å²) in [6.45, 7) is 4.87. The van der Waals surface area contributed by atoms with Crippen LogP contribution in [0.15, 0.2) is 91.5 Å². The molecule has 1 saturated heterocycles. The number of anilines is 2. The van der Waals surface area contributed by atoms with Crippen molar-refractivity contribution in [1.82, 2.24) is 33.8 Å².